The molecule has 16 heavy (non-hydrogen) atoms. The number of fused-ring (bicyclic) bond motifs is 1. The van der Waals surface area contributed by atoms with Crippen molar-refractivity contribution in [2.45, 2.75) is 0 Å². The number of carboxylic acids is 1. The molecule has 6 nitrogen and oxygen atoms in total. The molecule has 0 unspecified atom stereocenters. The van der Waals surface area contributed by atoms with E-state index in [1.165, 1.54) is 0 Å². The van der Waals surface area contributed by atoms with Crippen molar-refractivity contribution in [3.8, 4) is 0 Å². The Hall–Kier alpha value is -2.44. The van der Waals surface area contributed by atoms with Gasteiger partial charge in [-0.2, -0.15) is 0 Å². The minimum atomic E-state index is -1.25. The standard InChI is InChI=1S/C9H5FN2O4/c10-6-3-5(12(15)16)1-4-2-7(9(13)14)11-8(4)6/h1-3,11H,(H,13,14). The lowest BCUT2D eigenvalue weighted by Crippen LogP contribution is -1.95. The Labute approximate surface area is 87.5 Å². The molecule has 1 heterocycles. The zero-order valence-electron chi connectivity index (χ0n) is 7.73. The first-order chi connectivity index (χ1) is 7.49. The van der Waals surface area contributed by atoms with Crippen molar-refractivity contribution in [1.29, 1.82) is 0 Å². The Bertz CT molecular complexity index is 605. The predicted octanol–water partition coefficient (Wildman–Crippen LogP) is 1.91. The fourth-order valence-electron chi connectivity index (χ4n) is 1.41. The minimum Gasteiger partial charge on any atom is -0.477 e. The molecule has 1 aromatic carbocycles. The van der Waals surface area contributed by atoms with Crippen LogP contribution in [0, 0.1) is 15.9 Å². The molecule has 0 aliphatic rings. The molecule has 0 saturated heterocycles. The molecule has 0 radical (unpaired) electrons. The van der Waals surface area contributed by atoms with E-state index >= 15 is 0 Å². The maximum absolute atomic E-state index is 13.4. The molecule has 0 fully saturated rings. The van der Waals surface area contributed by atoms with E-state index < -0.39 is 22.4 Å². The SMILES string of the molecule is O=C(O)c1cc2cc([N+](=O)[O-])cc(F)c2[nH]1. The van der Waals surface area contributed by atoms with Gasteiger partial charge in [-0.25, -0.2) is 9.18 Å². The Morgan fingerprint density at radius 1 is 1.44 bits per heavy atom. The van der Waals surface area contributed by atoms with E-state index in [1.54, 1.807) is 0 Å². The fourth-order valence-corrected chi connectivity index (χ4v) is 1.41. The zero-order chi connectivity index (χ0) is 11.9. The molecule has 2 rings (SSSR count). The lowest BCUT2D eigenvalue weighted by molar-refractivity contribution is -0.384. The number of carbonyl (C=O) groups is 1. The maximum Gasteiger partial charge on any atom is 0.352 e. The van der Waals surface area contributed by atoms with E-state index in [-0.39, 0.29) is 16.6 Å². The fraction of sp³-hybridized carbons (Fsp3) is 0. The second-order valence-electron chi connectivity index (χ2n) is 3.14. The molecule has 0 aliphatic heterocycles. The number of benzene rings is 1. The molecule has 2 aromatic rings. The molecule has 7 heteroatoms. The van der Waals surface area contributed by atoms with E-state index in [1.807, 2.05) is 0 Å². The number of nitro groups is 1. The summed E-state index contributed by atoms with van der Waals surface area (Å²) in [5.41, 5.74) is -0.682. The molecule has 2 N–H and O–H groups in total. The van der Waals surface area contributed by atoms with Gasteiger partial charge >= 0.3 is 5.97 Å². The molecule has 0 bridgehead atoms. The van der Waals surface area contributed by atoms with Crippen LogP contribution in [0.3, 0.4) is 0 Å². The first kappa shape index (κ1) is 10.1. The summed E-state index contributed by atoms with van der Waals surface area (Å²) in [5.74, 6) is -2.10. The average molecular weight is 224 g/mol. The van der Waals surface area contributed by atoms with Gasteiger partial charge in [0.1, 0.15) is 5.69 Å². The Balaban J connectivity index is 2.72. The van der Waals surface area contributed by atoms with Crippen LogP contribution < -0.4 is 0 Å². The first-order valence-corrected chi connectivity index (χ1v) is 4.19. The van der Waals surface area contributed by atoms with Crippen molar-refractivity contribution in [3.63, 3.8) is 0 Å². The molecule has 0 saturated carbocycles. The van der Waals surface area contributed by atoms with Crippen molar-refractivity contribution >= 4 is 22.6 Å². The van der Waals surface area contributed by atoms with E-state index in [4.69, 9.17) is 5.11 Å². The third kappa shape index (κ3) is 1.48. The van der Waals surface area contributed by atoms with Gasteiger partial charge < -0.3 is 10.1 Å². The van der Waals surface area contributed by atoms with E-state index in [0.717, 1.165) is 18.2 Å². The van der Waals surface area contributed by atoms with Gasteiger partial charge in [0, 0.05) is 11.5 Å². The predicted molar refractivity (Wildman–Crippen MR) is 51.9 cm³/mol. The average Bonchev–Trinajstić information content (AvgIpc) is 2.61. The number of hydrogen-bond acceptors (Lipinski definition) is 3. The van der Waals surface area contributed by atoms with E-state index in [9.17, 15) is 19.3 Å². The van der Waals surface area contributed by atoms with Gasteiger partial charge in [0.15, 0.2) is 5.82 Å². The number of hydrogen-bond donors (Lipinski definition) is 2. The quantitative estimate of drug-likeness (QED) is 0.601. The Morgan fingerprint density at radius 3 is 2.69 bits per heavy atom. The number of rotatable bonds is 2. The maximum atomic E-state index is 13.4. The molecule has 0 spiro atoms. The number of aromatic nitrogens is 1. The molecule has 0 aliphatic carbocycles. The highest BCUT2D eigenvalue weighted by molar-refractivity contribution is 5.94. The summed E-state index contributed by atoms with van der Waals surface area (Å²) >= 11 is 0. The molecular formula is C9H5FN2O4. The highest BCUT2D eigenvalue weighted by atomic mass is 19.1. The number of halogens is 1. The molecule has 1 aromatic heterocycles. The smallest absolute Gasteiger partial charge is 0.352 e. The normalized spacial score (nSPS) is 10.6. The first-order valence-electron chi connectivity index (χ1n) is 4.19. The number of carboxylic acid groups (broad SMARTS) is 1. The minimum absolute atomic E-state index is 0.0528. The third-order valence-electron chi connectivity index (χ3n) is 2.11. The Morgan fingerprint density at radius 2 is 2.12 bits per heavy atom. The van der Waals surface area contributed by atoms with E-state index in [0.29, 0.717) is 0 Å². The summed E-state index contributed by atoms with van der Waals surface area (Å²) in [7, 11) is 0. The number of H-pyrrole nitrogens is 1. The van der Waals surface area contributed by atoms with Crippen LogP contribution in [0.25, 0.3) is 10.9 Å². The number of nitro benzene ring substituents is 1. The third-order valence-corrected chi connectivity index (χ3v) is 2.11. The van der Waals surface area contributed by atoms with Crippen LogP contribution in [0.1, 0.15) is 10.5 Å². The van der Waals surface area contributed by atoms with Gasteiger partial charge in [0.2, 0.25) is 0 Å². The van der Waals surface area contributed by atoms with Gasteiger partial charge in [-0.05, 0) is 6.07 Å². The van der Waals surface area contributed by atoms with Crippen molar-refractivity contribution in [2.24, 2.45) is 0 Å². The highest BCUT2D eigenvalue weighted by Crippen LogP contribution is 2.24. The van der Waals surface area contributed by atoms with Gasteiger partial charge in [-0.1, -0.05) is 0 Å². The lowest BCUT2D eigenvalue weighted by atomic mass is 10.2. The van der Waals surface area contributed by atoms with Gasteiger partial charge in [-0.3, -0.25) is 10.1 Å². The molecule has 0 amide bonds. The number of nitrogens with zero attached hydrogens (tertiary/aromatic N) is 1. The molecule has 82 valence electrons. The van der Waals surface area contributed by atoms with Crippen molar-refractivity contribution in [1.82, 2.24) is 4.98 Å². The van der Waals surface area contributed by atoms with Gasteiger partial charge in [-0.15, -0.1) is 0 Å². The topological polar surface area (TPSA) is 96.2 Å². The van der Waals surface area contributed by atoms with Crippen LogP contribution in [0.2, 0.25) is 0 Å². The summed E-state index contributed by atoms with van der Waals surface area (Å²) in [6, 6.07) is 3.00. The van der Waals surface area contributed by atoms with Crippen LogP contribution in [0.15, 0.2) is 18.2 Å². The summed E-state index contributed by atoms with van der Waals surface area (Å²) in [6.45, 7) is 0. The summed E-state index contributed by atoms with van der Waals surface area (Å²) < 4.78 is 13.4. The molecular weight excluding hydrogens is 219 g/mol. The number of aromatic carboxylic acids is 1. The number of aromatic amines is 1. The van der Waals surface area contributed by atoms with Gasteiger partial charge in [0.05, 0.1) is 16.5 Å². The van der Waals surface area contributed by atoms with Crippen LogP contribution in [-0.2, 0) is 0 Å². The van der Waals surface area contributed by atoms with Crippen molar-refractivity contribution in [2.75, 3.05) is 0 Å². The number of non-ortho nitro benzene ring substituents is 1. The summed E-state index contributed by atoms with van der Waals surface area (Å²) in [5, 5.41) is 19.3. The summed E-state index contributed by atoms with van der Waals surface area (Å²) in [4.78, 5) is 22.7. The largest absolute Gasteiger partial charge is 0.477 e. The highest BCUT2D eigenvalue weighted by Gasteiger charge is 2.15. The van der Waals surface area contributed by atoms with Crippen molar-refractivity contribution < 1.29 is 19.2 Å². The van der Waals surface area contributed by atoms with Crippen LogP contribution in [0.4, 0.5) is 10.1 Å². The number of nitrogens with one attached hydrogen (secondary N) is 1. The second kappa shape index (κ2) is 3.30. The molecule has 0 atom stereocenters. The monoisotopic (exact) mass is 224 g/mol. The summed E-state index contributed by atoms with van der Waals surface area (Å²) in [6.07, 6.45) is 0. The van der Waals surface area contributed by atoms with Crippen molar-refractivity contribution in [3.05, 3.63) is 39.8 Å². The van der Waals surface area contributed by atoms with E-state index in [2.05, 4.69) is 4.98 Å². The van der Waals surface area contributed by atoms with Crippen LogP contribution in [-0.4, -0.2) is 21.0 Å². The van der Waals surface area contributed by atoms with Gasteiger partial charge in [0.25, 0.3) is 5.69 Å². The lowest BCUT2D eigenvalue weighted by Gasteiger charge is -1.93. The Kier molecular flexibility index (Phi) is 2.08. The second-order valence-corrected chi connectivity index (χ2v) is 3.14. The van der Waals surface area contributed by atoms with Crippen LogP contribution in [0.5, 0.6) is 0 Å². The zero-order valence-corrected chi connectivity index (χ0v) is 7.73. The van der Waals surface area contributed by atoms with Crippen LogP contribution >= 0.6 is 0 Å².